The third kappa shape index (κ3) is 4.81. The van der Waals surface area contributed by atoms with Gasteiger partial charge in [-0.15, -0.1) is 6.58 Å². The Hall–Kier alpha value is -2.88. The molecule has 0 spiro atoms. The van der Waals surface area contributed by atoms with Crippen molar-refractivity contribution in [3.63, 3.8) is 0 Å². The van der Waals surface area contributed by atoms with Crippen molar-refractivity contribution in [2.45, 2.75) is 39.5 Å². The number of likely N-dealkylation sites (tertiary alicyclic amines) is 1. The molecule has 1 N–H and O–H groups in total. The molecular formula is C26H32N2O2. The van der Waals surface area contributed by atoms with Gasteiger partial charge in [-0.2, -0.15) is 0 Å². The van der Waals surface area contributed by atoms with Gasteiger partial charge in [-0.1, -0.05) is 67.1 Å². The van der Waals surface area contributed by atoms with E-state index in [2.05, 4.69) is 55.2 Å². The summed E-state index contributed by atoms with van der Waals surface area (Å²) >= 11 is 0. The Balaban J connectivity index is 1.98. The van der Waals surface area contributed by atoms with E-state index in [0.717, 1.165) is 36.1 Å². The third-order valence-corrected chi connectivity index (χ3v) is 6.03. The van der Waals surface area contributed by atoms with Gasteiger partial charge in [-0.25, -0.2) is 0 Å². The lowest BCUT2D eigenvalue weighted by Gasteiger charge is -2.42. The van der Waals surface area contributed by atoms with Gasteiger partial charge in [0.2, 0.25) is 11.8 Å². The highest BCUT2D eigenvalue weighted by atomic mass is 16.2. The average Bonchev–Trinajstić information content (AvgIpc) is 2.78. The summed E-state index contributed by atoms with van der Waals surface area (Å²) < 4.78 is 0. The lowest BCUT2D eigenvalue weighted by Crippen LogP contribution is -2.54. The smallest absolute Gasteiger partial charge is 0.228 e. The maximum Gasteiger partial charge on any atom is 0.228 e. The van der Waals surface area contributed by atoms with Crippen LogP contribution in [-0.2, 0) is 16.0 Å². The molecule has 3 rings (SSSR count). The van der Waals surface area contributed by atoms with Crippen LogP contribution in [0.1, 0.15) is 37.3 Å². The van der Waals surface area contributed by atoms with Gasteiger partial charge < -0.3 is 10.2 Å². The maximum absolute atomic E-state index is 13.3. The molecule has 2 amide bonds. The standard InChI is InChI=1S/C26H32N2O2/c1-4-16-27-25(30)26(15-8-17-28(19-26)24(29)5-2)18-22-9-6-7-10-23(22)21-13-11-20(3)12-14-21/h4,6-7,9-14H,1,5,8,15-19H2,2-3H3,(H,27,30)/t26-/m0/s1. The summed E-state index contributed by atoms with van der Waals surface area (Å²) in [7, 11) is 0. The highest BCUT2D eigenvalue weighted by Gasteiger charge is 2.43. The summed E-state index contributed by atoms with van der Waals surface area (Å²) in [6.45, 7) is 9.30. The van der Waals surface area contributed by atoms with Crippen LogP contribution in [0.15, 0.2) is 61.2 Å². The van der Waals surface area contributed by atoms with E-state index >= 15 is 0 Å². The maximum atomic E-state index is 13.3. The van der Waals surface area contributed by atoms with Gasteiger partial charge >= 0.3 is 0 Å². The van der Waals surface area contributed by atoms with Crippen molar-refractivity contribution in [3.8, 4) is 11.1 Å². The largest absolute Gasteiger partial charge is 0.352 e. The van der Waals surface area contributed by atoms with E-state index in [4.69, 9.17) is 0 Å². The molecule has 0 bridgehead atoms. The van der Waals surface area contributed by atoms with Crippen molar-refractivity contribution in [1.82, 2.24) is 10.2 Å². The first-order chi connectivity index (χ1) is 14.5. The van der Waals surface area contributed by atoms with Crippen LogP contribution in [0, 0.1) is 12.3 Å². The first-order valence-electron chi connectivity index (χ1n) is 10.8. The summed E-state index contributed by atoms with van der Waals surface area (Å²) in [6.07, 6.45) is 4.37. The van der Waals surface area contributed by atoms with E-state index in [1.807, 2.05) is 24.0 Å². The molecule has 4 heteroatoms. The van der Waals surface area contributed by atoms with Gasteiger partial charge in [0.1, 0.15) is 0 Å². The predicted octanol–water partition coefficient (Wildman–Crippen LogP) is 4.53. The summed E-state index contributed by atoms with van der Waals surface area (Å²) in [5.74, 6) is 0.122. The van der Waals surface area contributed by atoms with Crippen molar-refractivity contribution < 1.29 is 9.59 Å². The fraction of sp³-hybridized carbons (Fsp3) is 0.385. The quantitative estimate of drug-likeness (QED) is 0.690. The third-order valence-electron chi connectivity index (χ3n) is 6.03. The lowest BCUT2D eigenvalue weighted by molar-refractivity contribution is -0.141. The molecule has 1 fully saturated rings. The van der Waals surface area contributed by atoms with Crippen LogP contribution < -0.4 is 5.32 Å². The summed E-state index contributed by atoms with van der Waals surface area (Å²) in [5.41, 5.74) is 4.02. The molecule has 158 valence electrons. The molecule has 0 radical (unpaired) electrons. The normalized spacial score (nSPS) is 18.7. The number of benzene rings is 2. The van der Waals surface area contributed by atoms with E-state index in [9.17, 15) is 9.59 Å². The number of aryl methyl sites for hydroxylation is 1. The fourth-order valence-electron chi connectivity index (χ4n) is 4.38. The molecule has 0 unspecified atom stereocenters. The van der Waals surface area contributed by atoms with E-state index in [-0.39, 0.29) is 11.8 Å². The number of carbonyl (C=O) groups excluding carboxylic acids is 2. The van der Waals surface area contributed by atoms with Crippen LogP contribution in [0.5, 0.6) is 0 Å². The van der Waals surface area contributed by atoms with E-state index in [0.29, 0.717) is 25.9 Å². The van der Waals surface area contributed by atoms with Gasteiger partial charge in [0.25, 0.3) is 0 Å². The molecule has 0 aliphatic carbocycles. The zero-order valence-corrected chi connectivity index (χ0v) is 18.1. The molecule has 2 aromatic carbocycles. The Labute approximate surface area is 180 Å². The molecule has 4 nitrogen and oxygen atoms in total. The highest BCUT2D eigenvalue weighted by Crippen LogP contribution is 2.37. The van der Waals surface area contributed by atoms with E-state index < -0.39 is 5.41 Å². The molecule has 1 heterocycles. The monoisotopic (exact) mass is 404 g/mol. The second kappa shape index (κ2) is 9.75. The van der Waals surface area contributed by atoms with Crippen molar-refractivity contribution in [2.24, 2.45) is 5.41 Å². The molecule has 0 saturated carbocycles. The SMILES string of the molecule is C=CCNC(=O)[C@]1(Cc2ccccc2-c2ccc(C)cc2)CCCN(C(=O)CC)C1. The van der Waals surface area contributed by atoms with Gasteiger partial charge in [-0.3, -0.25) is 9.59 Å². The van der Waals surface area contributed by atoms with Gasteiger partial charge in [0.05, 0.1) is 5.41 Å². The number of carbonyl (C=O) groups is 2. The minimum Gasteiger partial charge on any atom is -0.352 e. The zero-order chi connectivity index (χ0) is 21.6. The van der Waals surface area contributed by atoms with Gasteiger partial charge in [0, 0.05) is 26.1 Å². The first-order valence-corrected chi connectivity index (χ1v) is 10.8. The Kier molecular flexibility index (Phi) is 7.09. The topological polar surface area (TPSA) is 49.4 Å². The summed E-state index contributed by atoms with van der Waals surface area (Å²) in [4.78, 5) is 27.6. The fourth-order valence-corrected chi connectivity index (χ4v) is 4.38. The van der Waals surface area contributed by atoms with Gasteiger partial charge in [-0.05, 0) is 42.9 Å². The second-order valence-electron chi connectivity index (χ2n) is 8.25. The van der Waals surface area contributed by atoms with Crippen molar-refractivity contribution in [2.75, 3.05) is 19.6 Å². The molecule has 2 aromatic rings. The zero-order valence-electron chi connectivity index (χ0n) is 18.1. The van der Waals surface area contributed by atoms with Crippen molar-refractivity contribution in [1.29, 1.82) is 0 Å². The van der Waals surface area contributed by atoms with Crippen LogP contribution in [0.3, 0.4) is 0 Å². The van der Waals surface area contributed by atoms with E-state index in [1.54, 1.807) is 6.08 Å². The Bertz CT molecular complexity index is 904. The van der Waals surface area contributed by atoms with Crippen LogP contribution in [0.2, 0.25) is 0 Å². The number of amides is 2. The number of nitrogens with one attached hydrogen (secondary N) is 1. The molecular weight excluding hydrogens is 372 g/mol. The van der Waals surface area contributed by atoms with Gasteiger partial charge in [0.15, 0.2) is 0 Å². The number of nitrogens with zero attached hydrogens (tertiary/aromatic N) is 1. The second-order valence-corrected chi connectivity index (χ2v) is 8.25. The van der Waals surface area contributed by atoms with Crippen molar-refractivity contribution >= 4 is 11.8 Å². The Morgan fingerprint density at radius 1 is 1.17 bits per heavy atom. The van der Waals surface area contributed by atoms with Crippen LogP contribution in [-0.4, -0.2) is 36.3 Å². The number of piperidine rings is 1. The molecule has 0 aromatic heterocycles. The van der Waals surface area contributed by atoms with Crippen LogP contribution >= 0.6 is 0 Å². The minimum absolute atomic E-state index is 0.00899. The van der Waals surface area contributed by atoms with E-state index in [1.165, 1.54) is 5.56 Å². The highest BCUT2D eigenvalue weighted by molar-refractivity contribution is 5.85. The Morgan fingerprint density at radius 2 is 1.90 bits per heavy atom. The summed E-state index contributed by atoms with van der Waals surface area (Å²) in [5, 5.41) is 3.01. The first kappa shape index (κ1) is 21.8. The average molecular weight is 405 g/mol. The van der Waals surface area contributed by atoms with Crippen LogP contribution in [0.25, 0.3) is 11.1 Å². The predicted molar refractivity (Wildman–Crippen MR) is 122 cm³/mol. The minimum atomic E-state index is -0.632. The number of hydrogen-bond donors (Lipinski definition) is 1. The number of hydrogen-bond acceptors (Lipinski definition) is 2. The van der Waals surface area contributed by atoms with Crippen molar-refractivity contribution in [3.05, 3.63) is 72.3 Å². The lowest BCUT2D eigenvalue weighted by atomic mass is 9.73. The molecule has 30 heavy (non-hydrogen) atoms. The molecule has 1 atom stereocenters. The number of rotatable bonds is 7. The summed E-state index contributed by atoms with van der Waals surface area (Å²) in [6, 6.07) is 16.8. The molecule has 1 saturated heterocycles. The molecule has 1 aliphatic rings. The Morgan fingerprint density at radius 3 is 2.60 bits per heavy atom. The molecule has 1 aliphatic heterocycles. The van der Waals surface area contributed by atoms with Crippen LogP contribution in [0.4, 0.5) is 0 Å².